The Morgan fingerprint density at radius 2 is 2.50 bits per heavy atom. The lowest BCUT2D eigenvalue weighted by Crippen LogP contribution is -2.34. The Labute approximate surface area is 82.7 Å². The minimum absolute atomic E-state index is 0.494. The molecule has 0 aromatic carbocycles. The van der Waals surface area contributed by atoms with E-state index in [4.69, 9.17) is 5.11 Å². The number of aliphatic carboxylic acids is 1. The van der Waals surface area contributed by atoms with Gasteiger partial charge in [-0.15, -0.1) is 0 Å². The molecule has 78 valence electrons. The van der Waals surface area contributed by atoms with Crippen molar-refractivity contribution in [3.63, 3.8) is 0 Å². The number of carboxylic acids is 1. The molecular weight excluding hydrogens is 182 g/mol. The highest BCUT2D eigenvalue weighted by molar-refractivity contribution is 5.72. The maximum atomic E-state index is 10.5. The number of carboxylic acid groups (broad SMARTS) is 1. The van der Waals surface area contributed by atoms with Crippen LogP contribution in [0.2, 0.25) is 0 Å². The maximum Gasteiger partial charge on any atom is 0.320 e. The second-order valence-corrected chi connectivity index (χ2v) is 3.29. The minimum Gasteiger partial charge on any atom is -0.480 e. The van der Waals surface area contributed by atoms with Gasteiger partial charge in [0, 0.05) is 19.8 Å². The van der Waals surface area contributed by atoms with Gasteiger partial charge < -0.3 is 10.4 Å². The molecule has 0 unspecified atom stereocenters. The van der Waals surface area contributed by atoms with Crippen LogP contribution in [0.4, 0.5) is 0 Å². The van der Waals surface area contributed by atoms with E-state index >= 15 is 0 Å². The van der Waals surface area contributed by atoms with Crippen LogP contribution in [0.3, 0.4) is 0 Å². The predicted molar refractivity (Wildman–Crippen MR) is 52.0 cm³/mol. The summed E-state index contributed by atoms with van der Waals surface area (Å²) >= 11 is 0. The molecule has 0 spiro atoms. The van der Waals surface area contributed by atoms with Crippen LogP contribution in [0.25, 0.3) is 0 Å². The van der Waals surface area contributed by atoms with Gasteiger partial charge in [-0.25, -0.2) is 0 Å². The number of nitrogens with zero attached hydrogens (tertiary/aromatic N) is 2. The molecule has 1 atom stereocenters. The molecule has 0 aliphatic rings. The van der Waals surface area contributed by atoms with Crippen molar-refractivity contribution in [2.24, 2.45) is 7.05 Å². The molecule has 1 rings (SSSR count). The summed E-state index contributed by atoms with van der Waals surface area (Å²) in [4.78, 5) is 10.5. The molecule has 1 aromatic heterocycles. The molecule has 0 fully saturated rings. The number of hydrogen-bond donors (Lipinski definition) is 2. The highest BCUT2D eigenvalue weighted by Gasteiger charge is 2.08. The van der Waals surface area contributed by atoms with Crippen molar-refractivity contribution in [2.75, 3.05) is 6.54 Å². The standard InChI is InChI=1S/C9H15N3O2/c1-7(9(13)14)10-4-3-8-5-11-12(2)6-8/h5-7,10H,3-4H2,1-2H3,(H,13,14)/t7-/m1/s1. The molecule has 2 N–H and O–H groups in total. The molecule has 14 heavy (non-hydrogen) atoms. The van der Waals surface area contributed by atoms with Crippen molar-refractivity contribution >= 4 is 5.97 Å². The largest absolute Gasteiger partial charge is 0.480 e. The van der Waals surface area contributed by atoms with E-state index < -0.39 is 12.0 Å². The van der Waals surface area contributed by atoms with E-state index in [9.17, 15) is 4.79 Å². The summed E-state index contributed by atoms with van der Waals surface area (Å²) in [6.07, 6.45) is 4.51. The van der Waals surface area contributed by atoms with E-state index in [1.807, 2.05) is 13.2 Å². The first kappa shape index (κ1) is 10.7. The number of rotatable bonds is 5. The summed E-state index contributed by atoms with van der Waals surface area (Å²) in [6.45, 7) is 2.28. The van der Waals surface area contributed by atoms with Gasteiger partial charge in [0.1, 0.15) is 6.04 Å². The van der Waals surface area contributed by atoms with E-state index in [2.05, 4.69) is 10.4 Å². The predicted octanol–water partition coefficient (Wildman–Crippen LogP) is 0.0253. The van der Waals surface area contributed by atoms with Crippen LogP contribution in [-0.2, 0) is 18.3 Å². The van der Waals surface area contributed by atoms with Crippen molar-refractivity contribution in [3.05, 3.63) is 18.0 Å². The van der Waals surface area contributed by atoms with Gasteiger partial charge in [-0.2, -0.15) is 5.10 Å². The van der Waals surface area contributed by atoms with Gasteiger partial charge >= 0.3 is 5.97 Å². The second-order valence-electron chi connectivity index (χ2n) is 3.29. The fourth-order valence-corrected chi connectivity index (χ4v) is 1.12. The van der Waals surface area contributed by atoms with Crippen molar-refractivity contribution in [3.8, 4) is 0 Å². The number of aryl methyl sites for hydroxylation is 1. The van der Waals surface area contributed by atoms with Gasteiger partial charge in [-0.05, 0) is 18.9 Å². The van der Waals surface area contributed by atoms with Crippen molar-refractivity contribution in [2.45, 2.75) is 19.4 Å². The molecule has 5 nitrogen and oxygen atoms in total. The molecule has 0 aliphatic heterocycles. The third-order valence-electron chi connectivity index (χ3n) is 1.99. The molecular formula is C9H15N3O2. The van der Waals surface area contributed by atoms with Crippen LogP contribution in [0.1, 0.15) is 12.5 Å². The Hall–Kier alpha value is -1.36. The third kappa shape index (κ3) is 3.18. The van der Waals surface area contributed by atoms with Crippen molar-refractivity contribution in [1.29, 1.82) is 0 Å². The Kier molecular flexibility index (Phi) is 3.64. The zero-order valence-corrected chi connectivity index (χ0v) is 8.40. The van der Waals surface area contributed by atoms with Crippen LogP contribution in [0.15, 0.2) is 12.4 Å². The first-order valence-electron chi connectivity index (χ1n) is 4.53. The van der Waals surface area contributed by atoms with Gasteiger partial charge in [0.2, 0.25) is 0 Å². The van der Waals surface area contributed by atoms with Gasteiger partial charge in [0.05, 0.1) is 6.20 Å². The smallest absolute Gasteiger partial charge is 0.320 e. The number of nitrogens with one attached hydrogen (secondary N) is 1. The summed E-state index contributed by atoms with van der Waals surface area (Å²) in [6, 6.07) is -0.494. The number of carbonyl (C=O) groups is 1. The summed E-state index contributed by atoms with van der Waals surface area (Å²) in [5, 5.41) is 15.5. The molecule has 0 saturated carbocycles. The quantitative estimate of drug-likeness (QED) is 0.698. The Morgan fingerprint density at radius 3 is 3.00 bits per heavy atom. The third-order valence-corrected chi connectivity index (χ3v) is 1.99. The highest BCUT2D eigenvalue weighted by atomic mass is 16.4. The Morgan fingerprint density at radius 1 is 1.79 bits per heavy atom. The summed E-state index contributed by atoms with van der Waals surface area (Å²) in [5.74, 6) is -0.823. The topological polar surface area (TPSA) is 67.2 Å². The molecule has 1 heterocycles. The monoisotopic (exact) mass is 197 g/mol. The first-order chi connectivity index (χ1) is 6.59. The molecule has 0 saturated heterocycles. The highest BCUT2D eigenvalue weighted by Crippen LogP contribution is 1.96. The van der Waals surface area contributed by atoms with Crippen LogP contribution in [-0.4, -0.2) is 33.4 Å². The zero-order valence-electron chi connectivity index (χ0n) is 8.40. The molecule has 0 bridgehead atoms. The second kappa shape index (κ2) is 4.76. The number of hydrogen-bond acceptors (Lipinski definition) is 3. The lowest BCUT2D eigenvalue weighted by Gasteiger charge is -2.07. The van der Waals surface area contributed by atoms with Crippen molar-refractivity contribution < 1.29 is 9.90 Å². The first-order valence-corrected chi connectivity index (χ1v) is 4.53. The molecule has 5 heteroatoms. The van der Waals surface area contributed by atoms with Crippen LogP contribution in [0.5, 0.6) is 0 Å². The van der Waals surface area contributed by atoms with Crippen LogP contribution < -0.4 is 5.32 Å². The Bertz CT molecular complexity index is 309. The van der Waals surface area contributed by atoms with E-state index in [0.717, 1.165) is 12.0 Å². The zero-order chi connectivity index (χ0) is 10.6. The van der Waals surface area contributed by atoms with E-state index in [0.29, 0.717) is 6.54 Å². The SMILES string of the molecule is C[C@@H](NCCc1cnn(C)c1)C(=O)O. The minimum atomic E-state index is -0.823. The van der Waals surface area contributed by atoms with Crippen molar-refractivity contribution in [1.82, 2.24) is 15.1 Å². The normalized spacial score (nSPS) is 12.7. The van der Waals surface area contributed by atoms with Crippen LogP contribution >= 0.6 is 0 Å². The lowest BCUT2D eigenvalue weighted by molar-refractivity contribution is -0.138. The number of aromatic nitrogens is 2. The average molecular weight is 197 g/mol. The molecule has 0 radical (unpaired) electrons. The van der Waals surface area contributed by atoms with Crippen LogP contribution in [0, 0.1) is 0 Å². The maximum absolute atomic E-state index is 10.5. The van der Waals surface area contributed by atoms with E-state index in [1.54, 1.807) is 17.8 Å². The van der Waals surface area contributed by atoms with Gasteiger partial charge in [-0.3, -0.25) is 9.48 Å². The van der Waals surface area contributed by atoms with E-state index in [1.165, 1.54) is 0 Å². The van der Waals surface area contributed by atoms with Gasteiger partial charge in [0.15, 0.2) is 0 Å². The summed E-state index contributed by atoms with van der Waals surface area (Å²) < 4.78 is 1.73. The van der Waals surface area contributed by atoms with E-state index in [-0.39, 0.29) is 0 Å². The molecule has 1 aromatic rings. The lowest BCUT2D eigenvalue weighted by atomic mass is 10.2. The molecule has 0 amide bonds. The van der Waals surface area contributed by atoms with Gasteiger partial charge in [-0.1, -0.05) is 0 Å². The van der Waals surface area contributed by atoms with Gasteiger partial charge in [0.25, 0.3) is 0 Å². The summed E-state index contributed by atoms with van der Waals surface area (Å²) in [7, 11) is 1.86. The molecule has 0 aliphatic carbocycles. The Balaban J connectivity index is 2.25. The fraction of sp³-hybridized carbons (Fsp3) is 0.556. The average Bonchev–Trinajstić information content (AvgIpc) is 2.51. The fourth-order valence-electron chi connectivity index (χ4n) is 1.12. The summed E-state index contributed by atoms with van der Waals surface area (Å²) in [5.41, 5.74) is 1.11.